The number of aromatic nitrogens is 4. The zero-order chi connectivity index (χ0) is 19.9. The molecule has 0 saturated heterocycles. The number of rotatable bonds is 8. The van der Waals surface area contributed by atoms with E-state index in [1.165, 1.54) is 11.8 Å². The van der Waals surface area contributed by atoms with Gasteiger partial charge in [-0.15, -0.1) is 10.2 Å². The fraction of sp³-hybridized carbons (Fsp3) is 0.211. The molecule has 2 aromatic heterocycles. The van der Waals surface area contributed by atoms with Crippen LogP contribution in [0.1, 0.15) is 5.56 Å². The maximum Gasteiger partial charge on any atom is 0.231 e. The molecule has 28 heavy (non-hydrogen) atoms. The zero-order valence-corrected chi connectivity index (χ0v) is 15.9. The second kappa shape index (κ2) is 9.14. The predicted molar refractivity (Wildman–Crippen MR) is 102 cm³/mol. The number of hydrogen-bond acceptors (Lipinski definition) is 7. The molecule has 3 rings (SSSR count). The number of carbonyl (C=O) groups is 2. The van der Waals surface area contributed by atoms with Crippen LogP contribution in [0.3, 0.4) is 0 Å². The van der Waals surface area contributed by atoms with E-state index in [1.54, 1.807) is 36.1 Å². The van der Waals surface area contributed by atoms with Crippen molar-refractivity contribution in [3.63, 3.8) is 0 Å². The average Bonchev–Trinajstić information content (AvgIpc) is 3.07. The van der Waals surface area contributed by atoms with E-state index < -0.39 is 17.9 Å². The van der Waals surface area contributed by atoms with Gasteiger partial charge in [0.15, 0.2) is 11.0 Å². The Bertz CT molecular complexity index is 947. The molecular weight excluding hydrogens is 378 g/mol. The third kappa shape index (κ3) is 4.95. The first-order chi connectivity index (χ1) is 13.5. The van der Waals surface area contributed by atoms with Gasteiger partial charge in [0.1, 0.15) is 0 Å². The lowest BCUT2D eigenvalue weighted by atomic mass is 10.1. The van der Waals surface area contributed by atoms with Crippen LogP contribution in [0.5, 0.6) is 0 Å². The lowest BCUT2D eigenvalue weighted by molar-refractivity contribution is -0.308. The highest BCUT2D eigenvalue weighted by Crippen LogP contribution is 2.21. The van der Waals surface area contributed by atoms with Crippen molar-refractivity contribution < 1.29 is 14.7 Å². The van der Waals surface area contributed by atoms with Gasteiger partial charge in [0, 0.05) is 25.0 Å². The number of nitrogens with zero attached hydrogens (tertiary/aromatic N) is 4. The molecule has 0 fully saturated rings. The maximum absolute atomic E-state index is 12.2. The van der Waals surface area contributed by atoms with Gasteiger partial charge in [-0.25, -0.2) is 0 Å². The highest BCUT2D eigenvalue weighted by molar-refractivity contribution is 7.99. The van der Waals surface area contributed by atoms with Crippen molar-refractivity contribution in [1.82, 2.24) is 25.1 Å². The Labute approximate surface area is 166 Å². The summed E-state index contributed by atoms with van der Waals surface area (Å²) in [6.45, 7) is 0. The predicted octanol–water partition coefficient (Wildman–Crippen LogP) is 0.447. The van der Waals surface area contributed by atoms with Gasteiger partial charge in [0.2, 0.25) is 5.91 Å². The molecule has 0 radical (unpaired) electrons. The van der Waals surface area contributed by atoms with E-state index in [0.717, 1.165) is 11.1 Å². The number of carboxylic acid groups (broad SMARTS) is 1. The van der Waals surface area contributed by atoms with Crippen LogP contribution >= 0.6 is 11.8 Å². The number of carbonyl (C=O) groups excluding carboxylic acids is 2. The average molecular weight is 396 g/mol. The van der Waals surface area contributed by atoms with Crippen LogP contribution in [0.15, 0.2) is 60.0 Å². The number of nitrogens with one attached hydrogen (secondary N) is 1. The van der Waals surface area contributed by atoms with Crippen molar-refractivity contribution in [2.45, 2.75) is 17.6 Å². The number of hydrogen-bond donors (Lipinski definition) is 1. The van der Waals surface area contributed by atoms with Crippen molar-refractivity contribution in [1.29, 1.82) is 0 Å². The summed E-state index contributed by atoms with van der Waals surface area (Å²) in [5, 5.41) is 22.7. The standard InChI is InChI=1S/C19H19N5O3S/c1-24-17(14-7-9-20-10-8-14)22-23-19(24)28-12-16(25)21-15(18(26)27)11-13-5-3-2-4-6-13/h2-10,15H,11-12H2,1H3,(H,21,25)(H,26,27)/p-1/t15-/m1/s1. The Balaban J connectivity index is 1.59. The van der Waals surface area contributed by atoms with E-state index >= 15 is 0 Å². The van der Waals surface area contributed by atoms with E-state index in [1.807, 2.05) is 30.3 Å². The minimum Gasteiger partial charge on any atom is -0.548 e. The summed E-state index contributed by atoms with van der Waals surface area (Å²) in [6, 6.07) is 11.6. The first-order valence-electron chi connectivity index (χ1n) is 8.51. The molecule has 1 atom stereocenters. The summed E-state index contributed by atoms with van der Waals surface area (Å²) in [7, 11) is 1.80. The van der Waals surface area contributed by atoms with E-state index in [9.17, 15) is 14.7 Å². The van der Waals surface area contributed by atoms with E-state index in [2.05, 4.69) is 20.5 Å². The Morgan fingerprint density at radius 1 is 1.14 bits per heavy atom. The second-order valence-electron chi connectivity index (χ2n) is 6.02. The molecule has 3 aromatic rings. The van der Waals surface area contributed by atoms with Gasteiger partial charge in [0.05, 0.1) is 17.8 Å². The van der Waals surface area contributed by atoms with Crippen molar-refractivity contribution in [3.8, 4) is 11.4 Å². The van der Waals surface area contributed by atoms with Crippen molar-refractivity contribution >= 4 is 23.6 Å². The third-order valence-corrected chi connectivity index (χ3v) is 5.03. The normalized spacial score (nSPS) is 11.8. The fourth-order valence-electron chi connectivity index (χ4n) is 2.60. The number of carboxylic acids is 1. The third-order valence-electron chi connectivity index (χ3n) is 4.01. The first kappa shape index (κ1) is 19.6. The quantitative estimate of drug-likeness (QED) is 0.550. The van der Waals surface area contributed by atoms with Crippen LogP contribution in [0.25, 0.3) is 11.4 Å². The lowest BCUT2D eigenvalue weighted by Crippen LogP contribution is -2.49. The van der Waals surface area contributed by atoms with E-state index in [-0.39, 0.29) is 12.2 Å². The summed E-state index contributed by atoms with van der Waals surface area (Å²) in [6.07, 6.45) is 3.49. The first-order valence-corrected chi connectivity index (χ1v) is 9.50. The number of thioether (sulfide) groups is 1. The molecule has 0 saturated carbocycles. The van der Waals surface area contributed by atoms with Gasteiger partial charge in [-0.1, -0.05) is 42.1 Å². The van der Waals surface area contributed by atoms with E-state index in [0.29, 0.717) is 11.0 Å². The summed E-state index contributed by atoms with van der Waals surface area (Å²) in [5.74, 6) is -1.06. The Kier molecular flexibility index (Phi) is 6.38. The van der Waals surface area contributed by atoms with Crippen molar-refractivity contribution in [3.05, 3.63) is 60.4 Å². The Hall–Kier alpha value is -3.20. The molecular formula is C19H18N5O3S-. The van der Waals surface area contributed by atoms with Gasteiger partial charge in [0.25, 0.3) is 0 Å². The smallest absolute Gasteiger partial charge is 0.231 e. The molecule has 0 aliphatic rings. The van der Waals surface area contributed by atoms with Gasteiger partial charge in [-0.05, 0) is 24.1 Å². The Morgan fingerprint density at radius 2 is 1.86 bits per heavy atom. The number of aliphatic carboxylic acids is 1. The zero-order valence-electron chi connectivity index (χ0n) is 15.1. The van der Waals surface area contributed by atoms with Crippen LogP contribution in [-0.2, 0) is 23.1 Å². The van der Waals surface area contributed by atoms with Crippen LogP contribution < -0.4 is 10.4 Å². The summed E-state index contributed by atoms with van der Waals surface area (Å²) >= 11 is 1.18. The van der Waals surface area contributed by atoms with Gasteiger partial charge >= 0.3 is 0 Å². The number of benzene rings is 1. The largest absolute Gasteiger partial charge is 0.548 e. The van der Waals surface area contributed by atoms with Crippen LogP contribution in [0.2, 0.25) is 0 Å². The van der Waals surface area contributed by atoms with Crippen molar-refractivity contribution in [2.75, 3.05) is 5.75 Å². The molecule has 144 valence electrons. The summed E-state index contributed by atoms with van der Waals surface area (Å²) in [5.41, 5.74) is 1.67. The van der Waals surface area contributed by atoms with Crippen LogP contribution in [-0.4, -0.2) is 43.4 Å². The molecule has 8 nitrogen and oxygen atoms in total. The monoisotopic (exact) mass is 396 g/mol. The Morgan fingerprint density at radius 3 is 2.54 bits per heavy atom. The highest BCUT2D eigenvalue weighted by atomic mass is 32.2. The molecule has 1 N–H and O–H groups in total. The minimum atomic E-state index is -1.32. The van der Waals surface area contributed by atoms with Crippen molar-refractivity contribution in [2.24, 2.45) is 7.05 Å². The molecule has 9 heteroatoms. The van der Waals surface area contributed by atoms with Gasteiger partial charge in [-0.3, -0.25) is 9.78 Å². The molecule has 0 spiro atoms. The maximum atomic E-state index is 12.2. The minimum absolute atomic E-state index is 0.0148. The van der Waals surface area contributed by atoms with Crippen LogP contribution in [0, 0.1) is 0 Å². The number of pyridine rings is 1. The molecule has 0 unspecified atom stereocenters. The molecule has 0 aliphatic carbocycles. The summed E-state index contributed by atoms with van der Waals surface area (Å²) in [4.78, 5) is 27.6. The molecule has 1 aromatic carbocycles. The second-order valence-corrected chi connectivity index (χ2v) is 6.96. The lowest BCUT2D eigenvalue weighted by Gasteiger charge is -2.19. The van der Waals surface area contributed by atoms with Gasteiger partial charge in [-0.2, -0.15) is 0 Å². The highest BCUT2D eigenvalue weighted by Gasteiger charge is 2.17. The molecule has 0 aliphatic heterocycles. The summed E-state index contributed by atoms with van der Waals surface area (Å²) < 4.78 is 1.77. The van der Waals surface area contributed by atoms with E-state index in [4.69, 9.17) is 0 Å². The fourth-order valence-corrected chi connectivity index (χ4v) is 3.32. The van der Waals surface area contributed by atoms with Crippen LogP contribution in [0.4, 0.5) is 0 Å². The number of amides is 1. The molecule has 2 heterocycles. The topological polar surface area (TPSA) is 113 Å². The van der Waals surface area contributed by atoms with Gasteiger partial charge < -0.3 is 19.8 Å². The SMILES string of the molecule is Cn1c(SCC(=O)N[C@H](Cc2ccccc2)C(=O)[O-])nnc1-c1ccncc1. The molecule has 0 bridgehead atoms. The molecule has 1 amide bonds.